The lowest BCUT2D eigenvalue weighted by Gasteiger charge is -2.22. The van der Waals surface area contributed by atoms with E-state index in [-0.39, 0.29) is 0 Å². The molecule has 3 aromatic rings. The Balaban J connectivity index is 1.75. The Bertz CT molecular complexity index is 918. The molecule has 3 heterocycles. The van der Waals surface area contributed by atoms with Crippen LogP contribution in [-0.4, -0.2) is 31.3 Å². The van der Waals surface area contributed by atoms with Crippen LogP contribution in [0.5, 0.6) is 11.5 Å². The van der Waals surface area contributed by atoms with Gasteiger partial charge in [0.1, 0.15) is 19.0 Å². The normalized spacial score (nSPS) is 16.4. The molecule has 0 radical (unpaired) electrons. The lowest BCUT2D eigenvalue weighted by molar-refractivity contribution is 0.172. The van der Waals surface area contributed by atoms with Gasteiger partial charge in [-0.2, -0.15) is 0 Å². The first-order valence-electron chi connectivity index (χ1n) is 8.93. The molecule has 1 fully saturated rings. The molecule has 0 bridgehead atoms. The summed E-state index contributed by atoms with van der Waals surface area (Å²) in [5.74, 6) is 2.66. The maximum atomic E-state index is 5.79. The number of anilines is 1. The lowest BCUT2D eigenvalue weighted by Crippen LogP contribution is -2.19. The maximum absolute atomic E-state index is 5.79. The zero-order valence-electron chi connectivity index (χ0n) is 14.1. The van der Waals surface area contributed by atoms with E-state index < -0.39 is 0 Å². The van der Waals surface area contributed by atoms with Crippen LogP contribution in [0.3, 0.4) is 0 Å². The van der Waals surface area contributed by atoms with E-state index in [9.17, 15) is 0 Å². The van der Waals surface area contributed by atoms with Gasteiger partial charge in [0.05, 0.1) is 5.52 Å². The van der Waals surface area contributed by atoms with Gasteiger partial charge in [0.25, 0.3) is 0 Å². The number of ether oxygens (including phenoxy) is 2. The highest BCUT2D eigenvalue weighted by Gasteiger charge is 2.19. The van der Waals surface area contributed by atoms with Gasteiger partial charge in [0.2, 0.25) is 0 Å². The number of rotatable bonds is 2. The predicted molar refractivity (Wildman–Crippen MR) is 99.6 cm³/mol. The lowest BCUT2D eigenvalue weighted by atomic mass is 10.0. The van der Waals surface area contributed by atoms with Crippen molar-refractivity contribution >= 4 is 16.7 Å². The van der Waals surface area contributed by atoms with Crippen molar-refractivity contribution in [2.75, 3.05) is 31.2 Å². The molecular weight excluding hydrogens is 312 g/mol. The first-order chi connectivity index (χ1) is 12.4. The largest absolute Gasteiger partial charge is 0.486 e. The summed E-state index contributed by atoms with van der Waals surface area (Å²) >= 11 is 0. The molecule has 0 atom stereocenters. The molecule has 126 valence electrons. The van der Waals surface area contributed by atoms with E-state index in [0.29, 0.717) is 13.2 Å². The molecule has 5 rings (SSSR count). The molecule has 25 heavy (non-hydrogen) atoms. The van der Waals surface area contributed by atoms with Crippen LogP contribution < -0.4 is 14.4 Å². The van der Waals surface area contributed by atoms with Crippen molar-refractivity contribution in [3.8, 4) is 22.6 Å². The van der Waals surface area contributed by atoms with Crippen LogP contribution in [-0.2, 0) is 0 Å². The molecule has 2 aliphatic rings. The first kappa shape index (κ1) is 14.6. The average Bonchev–Trinajstić information content (AvgIpc) is 3.21. The van der Waals surface area contributed by atoms with E-state index in [1.807, 2.05) is 12.1 Å². The third kappa shape index (κ3) is 2.58. The first-order valence-corrected chi connectivity index (χ1v) is 8.93. The SMILES string of the molecule is c1ccc(-c2cc(N3CCCC3)nc3cc4c(cc23)OCCO4)cc1. The number of aromatic nitrogens is 1. The second kappa shape index (κ2) is 5.96. The molecule has 1 saturated heterocycles. The Morgan fingerprint density at radius 2 is 1.56 bits per heavy atom. The summed E-state index contributed by atoms with van der Waals surface area (Å²) in [7, 11) is 0. The Kier molecular flexibility index (Phi) is 3.47. The molecule has 0 saturated carbocycles. The molecule has 2 aliphatic heterocycles. The van der Waals surface area contributed by atoms with E-state index in [1.54, 1.807) is 0 Å². The van der Waals surface area contributed by atoms with Crippen molar-refractivity contribution < 1.29 is 9.47 Å². The fraction of sp³-hybridized carbons (Fsp3) is 0.286. The van der Waals surface area contributed by atoms with Gasteiger partial charge in [-0.1, -0.05) is 30.3 Å². The molecule has 0 amide bonds. The van der Waals surface area contributed by atoms with Crippen molar-refractivity contribution in [2.24, 2.45) is 0 Å². The third-order valence-corrected chi connectivity index (χ3v) is 4.97. The number of fused-ring (bicyclic) bond motifs is 2. The van der Waals surface area contributed by atoms with E-state index in [0.717, 1.165) is 41.3 Å². The average molecular weight is 332 g/mol. The van der Waals surface area contributed by atoms with E-state index >= 15 is 0 Å². The smallest absolute Gasteiger partial charge is 0.163 e. The maximum Gasteiger partial charge on any atom is 0.163 e. The van der Waals surface area contributed by atoms with E-state index in [1.165, 1.54) is 24.0 Å². The summed E-state index contributed by atoms with van der Waals surface area (Å²) in [6.45, 7) is 3.35. The van der Waals surface area contributed by atoms with E-state index in [4.69, 9.17) is 14.5 Å². The standard InChI is InChI=1S/C21H20N2O2/c1-2-6-15(7-3-1)16-13-21(23-8-4-5-9-23)22-18-14-20-19(12-17(16)18)24-10-11-25-20/h1-3,6-7,12-14H,4-5,8-11H2. The van der Waals surface area contributed by atoms with E-state index in [2.05, 4.69) is 41.3 Å². The second-order valence-electron chi connectivity index (χ2n) is 6.60. The Morgan fingerprint density at radius 1 is 0.840 bits per heavy atom. The monoisotopic (exact) mass is 332 g/mol. The van der Waals surface area contributed by atoms with Gasteiger partial charge >= 0.3 is 0 Å². The number of benzene rings is 2. The van der Waals surface area contributed by atoms with Crippen LogP contribution in [0.15, 0.2) is 48.5 Å². The van der Waals surface area contributed by atoms with Crippen LogP contribution in [0.2, 0.25) is 0 Å². The second-order valence-corrected chi connectivity index (χ2v) is 6.60. The topological polar surface area (TPSA) is 34.6 Å². The summed E-state index contributed by atoms with van der Waals surface area (Å²) in [6.07, 6.45) is 2.48. The van der Waals surface area contributed by atoms with Crippen molar-refractivity contribution in [3.05, 3.63) is 48.5 Å². The molecule has 0 aliphatic carbocycles. The van der Waals surface area contributed by atoms with Gasteiger partial charge in [0.15, 0.2) is 11.5 Å². The highest BCUT2D eigenvalue weighted by Crippen LogP contribution is 2.39. The summed E-state index contributed by atoms with van der Waals surface area (Å²) in [5.41, 5.74) is 3.36. The molecule has 2 aromatic carbocycles. The highest BCUT2D eigenvalue weighted by molar-refractivity contribution is 5.98. The zero-order valence-corrected chi connectivity index (χ0v) is 14.1. The number of hydrogen-bond donors (Lipinski definition) is 0. The molecular formula is C21H20N2O2. The number of nitrogens with zero attached hydrogens (tertiary/aromatic N) is 2. The van der Waals surface area contributed by atoms with Gasteiger partial charge in [-0.15, -0.1) is 0 Å². The van der Waals surface area contributed by atoms with Gasteiger partial charge in [-0.3, -0.25) is 0 Å². The van der Waals surface area contributed by atoms with Crippen LogP contribution in [0, 0.1) is 0 Å². The van der Waals surface area contributed by atoms with Crippen molar-refractivity contribution in [1.29, 1.82) is 0 Å². The van der Waals surface area contributed by atoms with Crippen molar-refractivity contribution in [1.82, 2.24) is 4.98 Å². The number of hydrogen-bond acceptors (Lipinski definition) is 4. The Hall–Kier alpha value is -2.75. The van der Waals surface area contributed by atoms with Gasteiger partial charge in [0, 0.05) is 24.5 Å². The Labute approximate surface area is 147 Å². The number of pyridine rings is 1. The van der Waals surface area contributed by atoms with Gasteiger partial charge in [-0.05, 0) is 36.1 Å². The van der Waals surface area contributed by atoms with Crippen molar-refractivity contribution in [3.63, 3.8) is 0 Å². The molecule has 0 spiro atoms. The molecule has 0 N–H and O–H groups in total. The minimum Gasteiger partial charge on any atom is -0.486 e. The van der Waals surface area contributed by atoms with Crippen LogP contribution >= 0.6 is 0 Å². The summed E-state index contributed by atoms with van der Waals surface area (Å²) in [5, 5.41) is 1.11. The molecule has 0 unspecified atom stereocenters. The van der Waals surface area contributed by atoms with Crippen LogP contribution in [0.4, 0.5) is 5.82 Å². The van der Waals surface area contributed by atoms with Gasteiger partial charge < -0.3 is 14.4 Å². The zero-order chi connectivity index (χ0) is 16.6. The third-order valence-electron chi connectivity index (χ3n) is 4.97. The minimum absolute atomic E-state index is 0.593. The fourth-order valence-electron chi connectivity index (χ4n) is 3.71. The van der Waals surface area contributed by atoms with Crippen LogP contribution in [0.1, 0.15) is 12.8 Å². The highest BCUT2D eigenvalue weighted by atomic mass is 16.6. The molecule has 4 heteroatoms. The van der Waals surface area contributed by atoms with Gasteiger partial charge in [-0.25, -0.2) is 4.98 Å². The Morgan fingerprint density at radius 3 is 2.32 bits per heavy atom. The minimum atomic E-state index is 0.593. The summed E-state index contributed by atoms with van der Waals surface area (Å²) in [6, 6.07) is 16.8. The fourth-order valence-corrected chi connectivity index (χ4v) is 3.71. The van der Waals surface area contributed by atoms with Crippen LogP contribution in [0.25, 0.3) is 22.0 Å². The van der Waals surface area contributed by atoms with Crippen molar-refractivity contribution in [2.45, 2.75) is 12.8 Å². The predicted octanol–water partition coefficient (Wildman–Crippen LogP) is 4.27. The summed E-state index contributed by atoms with van der Waals surface area (Å²) < 4.78 is 11.6. The molecule has 4 nitrogen and oxygen atoms in total. The summed E-state index contributed by atoms with van der Waals surface area (Å²) in [4.78, 5) is 7.32. The quantitative estimate of drug-likeness (QED) is 0.702. The molecule has 1 aromatic heterocycles.